The van der Waals surface area contributed by atoms with Gasteiger partial charge in [0.15, 0.2) is 0 Å². The van der Waals surface area contributed by atoms with Crippen molar-refractivity contribution in [3.8, 4) is 22.3 Å². The highest BCUT2D eigenvalue weighted by molar-refractivity contribution is 6.04. The fourth-order valence-electron chi connectivity index (χ4n) is 5.01. The number of amides is 1. The standard InChI is InChI=1S/C32H27N3O3/c36-30(24-15-8-3-9-16-24)34-32-33-28-20-25(22-11-4-1-5-12-22)19-27(23-13-6-2-7-14-23)29(28)31(37)35(32)21-26-17-10-18-38-26/h1-9,11-16,19-20,26H,10,17-18,21H2,(H,33,34,36). The number of benzene rings is 4. The number of fused-ring (bicyclic) bond motifs is 1. The van der Waals surface area contributed by atoms with E-state index in [0.29, 0.717) is 29.6 Å². The van der Waals surface area contributed by atoms with Crippen LogP contribution in [-0.2, 0) is 11.3 Å². The number of hydrogen-bond donors (Lipinski definition) is 1. The Kier molecular flexibility index (Phi) is 6.54. The van der Waals surface area contributed by atoms with Crippen LogP contribution in [0.5, 0.6) is 0 Å². The van der Waals surface area contributed by atoms with Crippen molar-refractivity contribution >= 4 is 22.8 Å². The first-order valence-corrected chi connectivity index (χ1v) is 12.8. The Hall–Kier alpha value is -4.55. The molecule has 1 amide bonds. The van der Waals surface area contributed by atoms with Gasteiger partial charge in [0.05, 0.1) is 23.6 Å². The molecule has 1 N–H and O–H groups in total. The van der Waals surface area contributed by atoms with Crippen LogP contribution >= 0.6 is 0 Å². The molecule has 2 heterocycles. The van der Waals surface area contributed by atoms with Crippen molar-refractivity contribution in [1.29, 1.82) is 0 Å². The molecule has 4 aromatic carbocycles. The summed E-state index contributed by atoms with van der Waals surface area (Å²) in [6.07, 6.45) is 1.69. The maximum Gasteiger partial charge on any atom is 0.263 e. The minimum absolute atomic E-state index is 0.108. The maximum atomic E-state index is 14.2. The van der Waals surface area contributed by atoms with Gasteiger partial charge in [-0.3, -0.25) is 19.5 Å². The quantitative estimate of drug-likeness (QED) is 0.302. The molecule has 6 rings (SSSR count). The summed E-state index contributed by atoms with van der Waals surface area (Å²) in [4.78, 5) is 32.2. The van der Waals surface area contributed by atoms with Gasteiger partial charge in [-0.05, 0) is 59.4 Å². The lowest BCUT2D eigenvalue weighted by molar-refractivity contribution is 0.0956. The highest BCUT2D eigenvalue weighted by atomic mass is 16.5. The highest BCUT2D eigenvalue weighted by Crippen LogP contribution is 2.33. The Morgan fingerprint density at radius 3 is 2.18 bits per heavy atom. The zero-order chi connectivity index (χ0) is 25.9. The predicted molar refractivity (Wildman–Crippen MR) is 150 cm³/mol. The lowest BCUT2D eigenvalue weighted by Crippen LogP contribution is -2.31. The van der Waals surface area contributed by atoms with E-state index in [0.717, 1.165) is 35.1 Å². The average Bonchev–Trinajstić information content (AvgIpc) is 3.49. The number of carbonyl (C=O) groups excluding carboxylic acids is 1. The molecule has 0 radical (unpaired) electrons. The van der Waals surface area contributed by atoms with E-state index in [1.54, 1.807) is 28.8 Å². The van der Waals surface area contributed by atoms with E-state index in [4.69, 9.17) is 9.72 Å². The number of aromatic nitrogens is 2. The second-order valence-electron chi connectivity index (χ2n) is 9.46. The van der Waals surface area contributed by atoms with Crippen LogP contribution in [0, 0.1) is 0 Å². The molecular formula is C32H27N3O3. The van der Waals surface area contributed by atoms with Crippen molar-refractivity contribution in [3.63, 3.8) is 0 Å². The lowest BCUT2D eigenvalue weighted by atomic mass is 9.95. The Balaban J connectivity index is 1.58. The number of nitrogens with one attached hydrogen (secondary N) is 1. The molecule has 1 saturated heterocycles. The Labute approximate surface area is 220 Å². The smallest absolute Gasteiger partial charge is 0.263 e. The largest absolute Gasteiger partial charge is 0.376 e. The fourth-order valence-corrected chi connectivity index (χ4v) is 5.01. The first-order valence-electron chi connectivity index (χ1n) is 12.8. The second-order valence-corrected chi connectivity index (χ2v) is 9.46. The summed E-state index contributed by atoms with van der Waals surface area (Å²) < 4.78 is 7.42. The summed E-state index contributed by atoms with van der Waals surface area (Å²) in [5.41, 5.74) is 4.52. The van der Waals surface area contributed by atoms with Gasteiger partial charge in [-0.2, -0.15) is 0 Å². The Bertz CT molecular complexity index is 1640. The number of hydrogen-bond acceptors (Lipinski definition) is 4. The van der Waals surface area contributed by atoms with Gasteiger partial charge in [0, 0.05) is 12.2 Å². The van der Waals surface area contributed by atoms with Crippen molar-refractivity contribution in [2.75, 3.05) is 11.9 Å². The summed E-state index contributed by atoms with van der Waals surface area (Å²) >= 11 is 0. The van der Waals surface area contributed by atoms with Gasteiger partial charge in [-0.1, -0.05) is 78.9 Å². The molecule has 0 bridgehead atoms. The summed E-state index contributed by atoms with van der Waals surface area (Å²) in [6, 6.07) is 32.8. The number of carbonyl (C=O) groups is 1. The van der Waals surface area contributed by atoms with Crippen LogP contribution in [0.2, 0.25) is 0 Å². The average molecular weight is 502 g/mol. The van der Waals surface area contributed by atoms with Crippen molar-refractivity contribution < 1.29 is 9.53 Å². The van der Waals surface area contributed by atoms with E-state index in [2.05, 4.69) is 11.4 Å². The molecule has 188 valence electrons. The SMILES string of the molecule is O=C(Nc1nc2cc(-c3ccccc3)cc(-c3ccccc3)c2c(=O)n1CC1CCCO1)c1ccccc1. The molecule has 1 fully saturated rings. The van der Waals surface area contributed by atoms with Crippen molar-refractivity contribution in [3.05, 3.63) is 119 Å². The summed E-state index contributed by atoms with van der Waals surface area (Å²) in [5.74, 6) is -0.100. The third-order valence-corrected chi connectivity index (χ3v) is 6.92. The summed E-state index contributed by atoms with van der Waals surface area (Å²) in [6.45, 7) is 0.989. The molecule has 0 saturated carbocycles. The van der Waals surface area contributed by atoms with Gasteiger partial charge in [0.25, 0.3) is 11.5 Å². The Morgan fingerprint density at radius 1 is 0.868 bits per heavy atom. The molecule has 1 aliphatic rings. The van der Waals surface area contributed by atoms with Gasteiger partial charge in [-0.25, -0.2) is 4.98 Å². The van der Waals surface area contributed by atoms with E-state index < -0.39 is 0 Å². The second kappa shape index (κ2) is 10.4. The molecule has 6 heteroatoms. The first kappa shape index (κ1) is 23.8. The lowest BCUT2D eigenvalue weighted by Gasteiger charge is -2.19. The van der Waals surface area contributed by atoms with Crippen LogP contribution < -0.4 is 10.9 Å². The normalized spacial score (nSPS) is 15.0. The fraction of sp³-hybridized carbons (Fsp3) is 0.156. The van der Waals surface area contributed by atoms with Gasteiger partial charge in [-0.15, -0.1) is 0 Å². The predicted octanol–water partition coefficient (Wildman–Crippen LogP) is 6.16. The van der Waals surface area contributed by atoms with Crippen molar-refractivity contribution in [2.45, 2.75) is 25.5 Å². The molecule has 38 heavy (non-hydrogen) atoms. The van der Waals surface area contributed by atoms with Crippen molar-refractivity contribution in [1.82, 2.24) is 9.55 Å². The highest BCUT2D eigenvalue weighted by Gasteiger charge is 2.23. The third kappa shape index (κ3) is 4.74. The van der Waals surface area contributed by atoms with E-state index in [-0.39, 0.29) is 23.5 Å². The van der Waals surface area contributed by atoms with Crippen LogP contribution in [0.15, 0.2) is 108 Å². The number of nitrogens with zero attached hydrogens (tertiary/aromatic N) is 2. The monoisotopic (exact) mass is 501 g/mol. The van der Waals surface area contributed by atoms with E-state index >= 15 is 0 Å². The Morgan fingerprint density at radius 2 is 1.53 bits per heavy atom. The van der Waals surface area contributed by atoms with Crippen LogP contribution in [0.1, 0.15) is 23.2 Å². The molecule has 0 aliphatic carbocycles. The molecule has 0 spiro atoms. The van der Waals surface area contributed by atoms with Crippen LogP contribution in [0.25, 0.3) is 33.2 Å². The molecule has 6 nitrogen and oxygen atoms in total. The number of ether oxygens (including phenoxy) is 1. The van der Waals surface area contributed by atoms with Gasteiger partial charge >= 0.3 is 0 Å². The zero-order valence-corrected chi connectivity index (χ0v) is 20.8. The minimum Gasteiger partial charge on any atom is -0.376 e. The van der Waals surface area contributed by atoms with E-state index in [1.165, 1.54) is 0 Å². The third-order valence-electron chi connectivity index (χ3n) is 6.92. The van der Waals surface area contributed by atoms with Crippen LogP contribution in [-0.4, -0.2) is 28.2 Å². The molecular weight excluding hydrogens is 474 g/mol. The molecule has 5 aromatic rings. The van der Waals surface area contributed by atoms with E-state index in [1.807, 2.05) is 72.8 Å². The molecule has 1 atom stereocenters. The molecule has 1 unspecified atom stereocenters. The van der Waals surface area contributed by atoms with Crippen LogP contribution in [0.4, 0.5) is 5.95 Å². The number of anilines is 1. The maximum absolute atomic E-state index is 14.2. The van der Waals surface area contributed by atoms with Crippen LogP contribution in [0.3, 0.4) is 0 Å². The van der Waals surface area contributed by atoms with Gasteiger partial charge in [0.1, 0.15) is 0 Å². The zero-order valence-electron chi connectivity index (χ0n) is 20.8. The summed E-state index contributed by atoms with van der Waals surface area (Å²) in [7, 11) is 0. The molecule has 1 aromatic heterocycles. The summed E-state index contributed by atoms with van der Waals surface area (Å²) in [5, 5.41) is 3.43. The molecule has 1 aliphatic heterocycles. The minimum atomic E-state index is -0.319. The topological polar surface area (TPSA) is 73.2 Å². The van der Waals surface area contributed by atoms with Gasteiger partial charge < -0.3 is 4.74 Å². The van der Waals surface area contributed by atoms with Crippen molar-refractivity contribution in [2.24, 2.45) is 0 Å². The van der Waals surface area contributed by atoms with Gasteiger partial charge in [0.2, 0.25) is 5.95 Å². The number of rotatable bonds is 6. The first-order chi connectivity index (χ1) is 18.7. The van der Waals surface area contributed by atoms with E-state index in [9.17, 15) is 9.59 Å².